The first kappa shape index (κ1) is 29.2. The molecule has 3 aromatic rings. The van der Waals surface area contributed by atoms with Crippen LogP contribution < -0.4 is 9.62 Å². The number of benzene rings is 3. The van der Waals surface area contributed by atoms with Crippen LogP contribution in [0.3, 0.4) is 0 Å². The molecule has 3 rings (SSSR count). The van der Waals surface area contributed by atoms with Gasteiger partial charge in [0.2, 0.25) is 11.8 Å². The number of halogens is 1. The van der Waals surface area contributed by atoms with Gasteiger partial charge in [-0.15, -0.1) is 0 Å². The van der Waals surface area contributed by atoms with Crippen LogP contribution in [-0.2, 0) is 26.2 Å². The van der Waals surface area contributed by atoms with Crippen molar-refractivity contribution in [3.63, 3.8) is 0 Å². The summed E-state index contributed by atoms with van der Waals surface area (Å²) < 4.78 is 28.7. The molecule has 0 spiro atoms. The number of aryl methyl sites for hydroxylation is 1. The molecule has 1 N–H and O–H groups in total. The van der Waals surface area contributed by atoms with Gasteiger partial charge in [-0.05, 0) is 69.2 Å². The standard InChI is InChI=1S/C29H34ClN3O4S/c1-5-27(29(35)31-21(2)3)32(19-23-9-7-6-8-10-23)28(34)20-33(25-15-13-24(30)14-16-25)38(36,37)26-17-11-22(4)12-18-26/h6-18,21,27H,5,19-20H2,1-4H3,(H,31,35)/t27-/m0/s1. The lowest BCUT2D eigenvalue weighted by Crippen LogP contribution is -2.53. The molecule has 202 valence electrons. The molecular weight excluding hydrogens is 522 g/mol. The van der Waals surface area contributed by atoms with Gasteiger partial charge in [-0.3, -0.25) is 13.9 Å². The number of rotatable bonds is 11. The summed E-state index contributed by atoms with van der Waals surface area (Å²) in [6.45, 7) is 7.06. The number of sulfonamides is 1. The van der Waals surface area contributed by atoms with E-state index in [0.29, 0.717) is 17.1 Å². The van der Waals surface area contributed by atoms with Gasteiger partial charge < -0.3 is 10.2 Å². The largest absolute Gasteiger partial charge is 0.352 e. The topological polar surface area (TPSA) is 86.8 Å². The molecule has 0 bridgehead atoms. The maximum Gasteiger partial charge on any atom is 0.264 e. The minimum atomic E-state index is -4.11. The van der Waals surface area contributed by atoms with E-state index in [1.54, 1.807) is 36.4 Å². The van der Waals surface area contributed by atoms with Crippen molar-refractivity contribution in [2.24, 2.45) is 0 Å². The highest BCUT2D eigenvalue weighted by Gasteiger charge is 2.33. The van der Waals surface area contributed by atoms with Crippen molar-refractivity contribution in [2.45, 2.75) is 57.6 Å². The van der Waals surface area contributed by atoms with Crippen LogP contribution in [-0.4, -0.2) is 43.8 Å². The fraction of sp³-hybridized carbons (Fsp3) is 0.310. The Morgan fingerprint density at radius 1 is 0.921 bits per heavy atom. The van der Waals surface area contributed by atoms with E-state index < -0.39 is 28.5 Å². The lowest BCUT2D eigenvalue weighted by molar-refractivity contribution is -0.140. The molecule has 0 fully saturated rings. The smallest absolute Gasteiger partial charge is 0.264 e. The molecule has 0 heterocycles. The Balaban J connectivity index is 2.04. The number of nitrogens with zero attached hydrogens (tertiary/aromatic N) is 2. The van der Waals surface area contributed by atoms with E-state index in [1.807, 2.05) is 58.0 Å². The molecule has 0 radical (unpaired) electrons. The minimum Gasteiger partial charge on any atom is -0.352 e. The summed E-state index contributed by atoms with van der Waals surface area (Å²) in [6.07, 6.45) is 0.364. The average molecular weight is 556 g/mol. The van der Waals surface area contributed by atoms with Crippen LogP contribution in [0.5, 0.6) is 0 Å². The second-order valence-electron chi connectivity index (χ2n) is 9.40. The number of carbonyl (C=O) groups excluding carboxylic acids is 2. The van der Waals surface area contributed by atoms with Crippen molar-refractivity contribution in [3.8, 4) is 0 Å². The molecule has 0 aromatic heterocycles. The molecule has 0 saturated carbocycles. The maximum absolute atomic E-state index is 13.9. The van der Waals surface area contributed by atoms with E-state index in [-0.39, 0.29) is 23.4 Å². The van der Waals surface area contributed by atoms with E-state index in [1.165, 1.54) is 17.0 Å². The zero-order valence-electron chi connectivity index (χ0n) is 22.1. The second kappa shape index (κ2) is 12.9. The molecule has 1 atom stereocenters. The van der Waals surface area contributed by atoms with Gasteiger partial charge >= 0.3 is 0 Å². The van der Waals surface area contributed by atoms with Crippen molar-refractivity contribution < 1.29 is 18.0 Å². The van der Waals surface area contributed by atoms with Crippen LogP contribution in [0.25, 0.3) is 0 Å². The Kier molecular flexibility index (Phi) is 9.94. The third-order valence-corrected chi connectivity index (χ3v) is 8.06. The predicted molar refractivity (Wildman–Crippen MR) is 152 cm³/mol. The van der Waals surface area contributed by atoms with Crippen LogP contribution in [0.4, 0.5) is 5.69 Å². The molecular formula is C29H34ClN3O4S. The van der Waals surface area contributed by atoms with Gasteiger partial charge in [0.15, 0.2) is 0 Å². The normalized spacial score (nSPS) is 12.2. The van der Waals surface area contributed by atoms with Gasteiger partial charge in [-0.2, -0.15) is 0 Å². The molecule has 7 nitrogen and oxygen atoms in total. The Morgan fingerprint density at radius 2 is 1.53 bits per heavy atom. The van der Waals surface area contributed by atoms with Gasteiger partial charge in [-0.25, -0.2) is 8.42 Å². The van der Waals surface area contributed by atoms with E-state index in [0.717, 1.165) is 15.4 Å². The van der Waals surface area contributed by atoms with E-state index >= 15 is 0 Å². The van der Waals surface area contributed by atoms with Crippen molar-refractivity contribution in [1.82, 2.24) is 10.2 Å². The Morgan fingerprint density at radius 3 is 2.08 bits per heavy atom. The Bertz CT molecular complexity index is 1330. The van der Waals surface area contributed by atoms with Crippen molar-refractivity contribution in [1.29, 1.82) is 0 Å². The Labute approximate surface area is 230 Å². The first-order valence-corrected chi connectivity index (χ1v) is 14.3. The molecule has 0 unspecified atom stereocenters. The maximum atomic E-state index is 13.9. The van der Waals surface area contributed by atoms with Gasteiger partial charge in [0.05, 0.1) is 10.6 Å². The summed E-state index contributed by atoms with van der Waals surface area (Å²) in [6, 6.07) is 21.2. The number of carbonyl (C=O) groups is 2. The van der Waals surface area contributed by atoms with Crippen LogP contribution in [0.15, 0.2) is 83.8 Å². The summed E-state index contributed by atoms with van der Waals surface area (Å²) in [4.78, 5) is 28.6. The van der Waals surface area contributed by atoms with Gasteiger partial charge in [0, 0.05) is 17.6 Å². The molecule has 0 aliphatic rings. The fourth-order valence-electron chi connectivity index (χ4n) is 4.05. The monoisotopic (exact) mass is 555 g/mol. The molecule has 0 saturated heterocycles. The number of hydrogen-bond donors (Lipinski definition) is 1. The van der Waals surface area contributed by atoms with Crippen molar-refractivity contribution >= 4 is 39.1 Å². The summed E-state index contributed by atoms with van der Waals surface area (Å²) in [7, 11) is -4.11. The molecule has 9 heteroatoms. The molecule has 0 aliphatic carbocycles. The van der Waals surface area contributed by atoms with Crippen LogP contribution in [0.2, 0.25) is 5.02 Å². The van der Waals surface area contributed by atoms with Gasteiger partial charge in [0.1, 0.15) is 12.6 Å². The highest BCUT2D eigenvalue weighted by molar-refractivity contribution is 7.92. The molecule has 0 aliphatic heterocycles. The lowest BCUT2D eigenvalue weighted by Gasteiger charge is -2.33. The highest BCUT2D eigenvalue weighted by atomic mass is 35.5. The average Bonchev–Trinajstić information content (AvgIpc) is 2.88. The SMILES string of the molecule is CC[C@@H](C(=O)NC(C)C)N(Cc1ccccc1)C(=O)CN(c1ccc(Cl)cc1)S(=O)(=O)c1ccc(C)cc1. The third kappa shape index (κ3) is 7.36. The summed E-state index contributed by atoms with van der Waals surface area (Å²) in [5.41, 5.74) is 2.04. The van der Waals surface area contributed by atoms with Crippen LogP contribution in [0.1, 0.15) is 38.3 Å². The first-order valence-electron chi connectivity index (χ1n) is 12.5. The van der Waals surface area contributed by atoms with E-state index in [4.69, 9.17) is 11.6 Å². The quantitative estimate of drug-likeness (QED) is 0.353. The number of amides is 2. The van der Waals surface area contributed by atoms with Crippen molar-refractivity contribution in [2.75, 3.05) is 10.8 Å². The predicted octanol–water partition coefficient (Wildman–Crippen LogP) is 5.18. The molecule has 2 amide bonds. The summed E-state index contributed by atoms with van der Waals surface area (Å²) in [5.74, 6) is -0.781. The highest BCUT2D eigenvalue weighted by Crippen LogP contribution is 2.26. The van der Waals surface area contributed by atoms with Gasteiger partial charge in [-0.1, -0.05) is 66.6 Å². The first-order chi connectivity index (χ1) is 18.0. The van der Waals surface area contributed by atoms with Gasteiger partial charge in [0.25, 0.3) is 10.0 Å². The third-order valence-electron chi connectivity index (χ3n) is 6.02. The summed E-state index contributed by atoms with van der Waals surface area (Å²) in [5, 5.41) is 3.33. The number of nitrogens with one attached hydrogen (secondary N) is 1. The van der Waals surface area contributed by atoms with E-state index in [2.05, 4.69) is 5.32 Å². The molecule has 3 aromatic carbocycles. The van der Waals surface area contributed by atoms with Crippen molar-refractivity contribution in [3.05, 3.63) is 95.0 Å². The zero-order valence-corrected chi connectivity index (χ0v) is 23.7. The fourth-order valence-corrected chi connectivity index (χ4v) is 5.59. The summed E-state index contributed by atoms with van der Waals surface area (Å²) >= 11 is 6.06. The minimum absolute atomic E-state index is 0.0602. The second-order valence-corrected chi connectivity index (χ2v) is 11.7. The number of anilines is 1. The molecule has 38 heavy (non-hydrogen) atoms. The van der Waals surface area contributed by atoms with Crippen LogP contribution in [0, 0.1) is 6.92 Å². The number of hydrogen-bond acceptors (Lipinski definition) is 4. The van der Waals surface area contributed by atoms with Crippen LogP contribution >= 0.6 is 11.6 Å². The Hall–Kier alpha value is -3.36. The zero-order chi connectivity index (χ0) is 27.9. The lowest BCUT2D eigenvalue weighted by atomic mass is 10.1. The van der Waals surface area contributed by atoms with E-state index in [9.17, 15) is 18.0 Å².